The van der Waals surface area contributed by atoms with Crippen LogP contribution in [0.15, 0.2) is 42.5 Å². The lowest BCUT2D eigenvalue weighted by Gasteiger charge is -2.14. The number of alkyl halides is 2. The van der Waals surface area contributed by atoms with E-state index < -0.39 is 12.6 Å². The molecule has 0 aliphatic heterocycles. The number of hydrogen-bond donors (Lipinski definition) is 2. The zero-order valence-corrected chi connectivity index (χ0v) is 13.4. The van der Waals surface area contributed by atoms with Crippen LogP contribution in [0.25, 0.3) is 0 Å². The molecular formula is C17H17F3N2O3. The molecule has 0 aromatic heterocycles. The van der Waals surface area contributed by atoms with E-state index in [0.29, 0.717) is 12.2 Å². The quantitative estimate of drug-likeness (QED) is 0.795. The fourth-order valence-electron chi connectivity index (χ4n) is 2.07. The van der Waals surface area contributed by atoms with E-state index in [1.165, 1.54) is 37.4 Å². The summed E-state index contributed by atoms with van der Waals surface area (Å²) in [5, 5.41) is 5.02. The average Bonchev–Trinajstić information content (AvgIpc) is 2.58. The molecule has 2 aromatic rings. The van der Waals surface area contributed by atoms with Crippen LogP contribution < -0.4 is 20.1 Å². The predicted octanol–water partition coefficient (Wildman–Crippen LogP) is 3.80. The first-order valence-electron chi connectivity index (χ1n) is 7.40. The number of hydrogen-bond acceptors (Lipinski definition) is 3. The van der Waals surface area contributed by atoms with Gasteiger partial charge in [-0.15, -0.1) is 0 Å². The third-order valence-corrected chi connectivity index (χ3v) is 3.26. The Morgan fingerprint density at radius 3 is 2.52 bits per heavy atom. The van der Waals surface area contributed by atoms with Crippen molar-refractivity contribution in [1.82, 2.24) is 5.32 Å². The van der Waals surface area contributed by atoms with Gasteiger partial charge in [0.1, 0.15) is 17.3 Å². The van der Waals surface area contributed by atoms with E-state index in [1.54, 1.807) is 12.1 Å². The molecular weight excluding hydrogens is 337 g/mol. The van der Waals surface area contributed by atoms with Crippen LogP contribution in [0, 0.1) is 5.82 Å². The van der Waals surface area contributed by atoms with Crippen molar-refractivity contribution in [3.05, 3.63) is 53.8 Å². The van der Waals surface area contributed by atoms with Gasteiger partial charge in [-0.3, -0.25) is 0 Å². The Balaban J connectivity index is 1.93. The summed E-state index contributed by atoms with van der Waals surface area (Å²) in [6.07, 6.45) is 0.492. The Morgan fingerprint density at radius 1 is 1.16 bits per heavy atom. The highest BCUT2D eigenvalue weighted by Crippen LogP contribution is 2.30. The number of urea groups is 1. The first-order chi connectivity index (χ1) is 12.0. The highest BCUT2D eigenvalue weighted by molar-refractivity contribution is 5.91. The van der Waals surface area contributed by atoms with Crippen molar-refractivity contribution in [2.45, 2.75) is 13.0 Å². The van der Waals surface area contributed by atoms with E-state index >= 15 is 0 Å². The van der Waals surface area contributed by atoms with Crippen molar-refractivity contribution in [3.63, 3.8) is 0 Å². The van der Waals surface area contributed by atoms with Crippen molar-refractivity contribution in [1.29, 1.82) is 0 Å². The molecule has 8 heteroatoms. The second-order valence-corrected chi connectivity index (χ2v) is 5.00. The largest absolute Gasteiger partial charge is 0.497 e. The molecule has 0 bridgehead atoms. The average molecular weight is 354 g/mol. The lowest BCUT2D eigenvalue weighted by Crippen LogP contribution is -2.30. The molecule has 0 aliphatic carbocycles. The van der Waals surface area contributed by atoms with Crippen molar-refractivity contribution in [3.8, 4) is 11.5 Å². The standard InChI is InChI=1S/C17H17F3N2O3/c1-24-13-6-7-15(25-16(19)20)14(10-13)22-17(23)21-9-8-11-2-4-12(18)5-3-11/h2-7,10,16H,8-9H2,1H3,(H2,21,22,23). The molecule has 0 radical (unpaired) electrons. The number of carbonyl (C=O) groups is 1. The van der Waals surface area contributed by atoms with Crippen molar-refractivity contribution < 1.29 is 27.4 Å². The molecule has 0 saturated heterocycles. The van der Waals surface area contributed by atoms with Crippen LogP contribution in [0.4, 0.5) is 23.7 Å². The molecule has 25 heavy (non-hydrogen) atoms. The van der Waals surface area contributed by atoms with Gasteiger partial charge in [-0.1, -0.05) is 12.1 Å². The number of ether oxygens (including phenoxy) is 2. The highest BCUT2D eigenvalue weighted by Gasteiger charge is 2.13. The maximum absolute atomic E-state index is 12.8. The molecule has 0 fully saturated rings. The maximum Gasteiger partial charge on any atom is 0.387 e. The van der Waals surface area contributed by atoms with E-state index in [0.717, 1.165) is 5.56 Å². The first kappa shape index (κ1) is 18.4. The molecule has 0 aliphatic rings. The Labute approximate surface area is 142 Å². The van der Waals surface area contributed by atoms with Crippen LogP contribution >= 0.6 is 0 Å². The second kappa shape index (κ2) is 8.81. The molecule has 2 rings (SSSR count). The van der Waals surface area contributed by atoms with Gasteiger partial charge in [0.15, 0.2) is 0 Å². The third-order valence-electron chi connectivity index (χ3n) is 3.26. The van der Waals surface area contributed by atoms with Gasteiger partial charge in [-0.2, -0.15) is 8.78 Å². The number of rotatable bonds is 7. The van der Waals surface area contributed by atoms with Gasteiger partial charge in [0.25, 0.3) is 0 Å². The summed E-state index contributed by atoms with van der Waals surface area (Å²) >= 11 is 0. The smallest absolute Gasteiger partial charge is 0.387 e. The summed E-state index contributed by atoms with van der Waals surface area (Å²) in [5.41, 5.74) is 0.906. The van der Waals surface area contributed by atoms with Gasteiger partial charge >= 0.3 is 12.6 Å². The van der Waals surface area contributed by atoms with Crippen molar-refractivity contribution in [2.24, 2.45) is 0 Å². The molecule has 2 aromatic carbocycles. The normalized spacial score (nSPS) is 10.4. The highest BCUT2D eigenvalue weighted by atomic mass is 19.3. The molecule has 5 nitrogen and oxygen atoms in total. The van der Waals surface area contributed by atoms with Gasteiger partial charge in [0.2, 0.25) is 0 Å². The van der Waals surface area contributed by atoms with E-state index in [2.05, 4.69) is 15.4 Å². The van der Waals surface area contributed by atoms with Crippen LogP contribution in [-0.2, 0) is 6.42 Å². The van der Waals surface area contributed by atoms with Crippen LogP contribution in [0.5, 0.6) is 11.5 Å². The lowest BCUT2D eigenvalue weighted by molar-refractivity contribution is -0.0493. The second-order valence-electron chi connectivity index (χ2n) is 5.00. The summed E-state index contributed by atoms with van der Waals surface area (Å²) in [5.74, 6) is -0.133. The molecule has 2 N–H and O–H groups in total. The minimum absolute atomic E-state index is 0.0546. The zero-order chi connectivity index (χ0) is 18.2. The van der Waals surface area contributed by atoms with Gasteiger partial charge in [-0.05, 0) is 36.2 Å². The molecule has 0 atom stereocenters. The van der Waals surface area contributed by atoms with E-state index in [-0.39, 0.29) is 23.8 Å². The maximum atomic E-state index is 12.8. The third kappa shape index (κ3) is 5.91. The molecule has 134 valence electrons. The predicted molar refractivity (Wildman–Crippen MR) is 86.8 cm³/mol. The minimum atomic E-state index is -3.02. The SMILES string of the molecule is COc1ccc(OC(F)F)c(NC(=O)NCCc2ccc(F)cc2)c1. The molecule has 0 unspecified atom stereocenters. The fourth-order valence-corrected chi connectivity index (χ4v) is 2.07. The summed E-state index contributed by atoms with van der Waals surface area (Å²) in [6.45, 7) is -2.73. The number of benzene rings is 2. The van der Waals surface area contributed by atoms with Crippen LogP contribution in [0.1, 0.15) is 5.56 Å². The Hall–Kier alpha value is -2.90. The molecule has 0 heterocycles. The fraction of sp³-hybridized carbons (Fsp3) is 0.235. The van der Waals surface area contributed by atoms with Crippen LogP contribution in [0.2, 0.25) is 0 Å². The number of amides is 2. The van der Waals surface area contributed by atoms with Crippen LogP contribution in [-0.4, -0.2) is 26.3 Å². The van der Waals surface area contributed by atoms with Crippen molar-refractivity contribution in [2.75, 3.05) is 19.0 Å². The summed E-state index contributed by atoms with van der Waals surface area (Å²) in [7, 11) is 1.41. The molecule has 0 spiro atoms. The van der Waals surface area contributed by atoms with Gasteiger partial charge in [-0.25, -0.2) is 9.18 Å². The van der Waals surface area contributed by atoms with Crippen molar-refractivity contribution >= 4 is 11.7 Å². The number of carbonyl (C=O) groups excluding carboxylic acids is 1. The lowest BCUT2D eigenvalue weighted by atomic mass is 10.1. The van der Waals surface area contributed by atoms with Crippen LogP contribution in [0.3, 0.4) is 0 Å². The topological polar surface area (TPSA) is 59.6 Å². The number of nitrogens with one attached hydrogen (secondary N) is 2. The Kier molecular flexibility index (Phi) is 6.50. The first-order valence-corrected chi connectivity index (χ1v) is 7.40. The summed E-state index contributed by atoms with van der Waals surface area (Å²) in [6, 6.07) is 9.40. The monoisotopic (exact) mass is 354 g/mol. The van der Waals surface area contributed by atoms with Gasteiger partial charge in [0.05, 0.1) is 12.8 Å². The van der Waals surface area contributed by atoms with E-state index in [4.69, 9.17) is 4.74 Å². The Morgan fingerprint density at radius 2 is 1.88 bits per heavy atom. The number of halogens is 3. The minimum Gasteiger partial charge on any atom is -0.497 e. The summed E-state index contributed by atoms with van der Waals surface area (Å²) < 4.78 is 47.0. The molecule has 0 saturated carbocycles. The number of anilines is 1. The van der Waals surface area contributed by atoms with E-state index in [9.17, 15) is 18.0 Å². The summed E-state index contributed by atoms with van der Waals surface area (Å²) in [4.78, 5) is 11.9. The van der Waals surface area contributed by atoms with Gasteiger partial charge in [0, 0.05) is 12.6 Å². The Bertz CT molecular complexity index is 709. The zero-order valence-electron chi connectivity index (χ0n) is 13.4. The number of methoxy groups -OCH3 is 1. The van der Waals surface area contributed by atoms with Gasteiger partial charge < -0.3 is 20.1 Å². The van der Waals surface area contributed by atoms with E-state index in [1.807, 2.05) is 0 Å². The molecule has 2 amide bonds.